The Bertz CT molecular complexity index is 1070. The molecule has 1 N–H and O–H groups in total. The van der Waals surface area contributed by atoms with Gasteiger partial charge in [0.1, 0.15) is 11.6 Å². The number of hydrogen-bond donors (Lipinski definition) is 1. The van der Waals surface area contributed by atoms with Crippen molar-refractivity contribution in [2.24, 2.45) is 0 Å². The van der Waals surface area contributed by atoms with E-state index in [1.165, 1.54) is 23.9 Å². The molecular formula is C20H13F2N3S. The summed E-state index contributed by atoms with van der Waals surface area (Å²) in [6.07, 6.45) is 5.50. The van der Waals surface area contributed by atoms with Gasteiger partial charge in [-0.1, -0.05) is 17.8 Å². The fourth-order valence-corrected chi connectivity index (χ4v) is 3.49. The standard InChI is InChI=1S/C20H13F2N3S/c21-13-9-14(22)11-17(10-13)26-16-5-7-20-18(12-16)19(24-25-20)6-4-15-3-1-2-8-23-15/h1-12H,(H,24,25)/b6-4+. The lowest BCUT2D eigenvalue weighted by atomic mass is 10.2. The molecular weight excluding hydrogens is 352 g/mol. The molecule has 3 nitrogen and oxygen atoms in total. The Morgan fingerprint density at radius 2 is 1.73 bits per heavy atom. The molecule has 0 atom stereocenters. The molecule has 2 aromatic carbocycles. The van der Waals surface area contributed by atoms with Gasteiger partial charge < -0.3 is 0 Å². The van der Waals surface area contributed by atoms with Crippen molar-refractivity contribution in [1.82, 2.24) is 15.2 Å². The van der Waals surface area contributed by atoms with Crippen LogP contribution in [0.2, 0.25) is 0 Å². The van der Waals surface area contributed by atoms with Gasteiger partial charge in [-0.2, -0.15) is 5.10 Å². The maximum absolute atomic E-state index is 13.4. The SMILES string of the molecule is Fc1cc(F)cc(Sc2ccc3[nH]nc(/C=C/c4ccccn4)c3c2)c1. The molecule has 0 bridgehead atoms. The molecule has 0 saturated heterocycles. The maximum atomic E-state index is 13.4. The van der Waals surface area contributed by atoms with Crippen molar-refractivity contribution in [3.8, 4) is 0 Å². The third-order valence-electron chi connectivity index (χ3n) is 3.74. The summed E-state index contributed by atoms with van der Waals surface area (Å²) >= 11 is 1.30. The molecule has 4 aromatic rings. The van der Waals surface area contributed by atoms with E-state index in [1.807, 2.05) is 48.6 Å². The van der Waals surface area contributed by atoms with Crippen LogP contribution in [-0.4, -0.2) is 15.2 Å². The van der Waals surface area contributed by atoms with Crippen molar-refractivity contribution < 1.29 is 8.78 Å². The first-order valence-electron chi connectivity index (χ1n) is 7.88. The highest BCUT2D eigenvalue weighted by Gasteiger charge is 2.07. The second-order valence-electron chi connectivity index (χ2n) is 5.61. The largest absolute Gasteiger partial charge is 0.277 e. The summed E-state index contributed by atoms with van der Waals surface area (Å²) in [7, 11) is 0. The van der Waals surface area contributed by atoms with Crippen LogP contribution < -0.4 is 0 Å². The Kier molecular flexibility index (Phi) is 4.50. The fourth-order valence-electron chi connectivity index (χ4n) is 2.57. The molecule has 128 valence electrons. The summed E-state index contributed by atoms with van der Waals surface area (Å²) in [5, 5.41) is 8.23. The predicted octanol–water partition coefficient (Wildman–Crippen LogP) is 5.56. The van der Waals surface area contributed by atoms with Gasteiger partial charge in [0, 0.05) is 27.4 Å². The van der Waals surface area contributed by atoms with Crippen LogP contribution in [0.15, 0.2) is 70.6 Å². The van der Waals surface area contributed by atoms with Crippen LogP contribution in [0.5, 0.6) is 0 Å². The van der Waals surface area contributed by atoms with Gasteiger partial charge in [0.25, 0.3) is 0 Å². The Hall–Kier alpha value is -2.99. The van der Waals surface area contributed by atoms with Gasteiger partial charge in [-0.3, -0.25) is 10.1 Å². The quantitative estimate of drug-likeness (QED) is 0.515. The van der Waals surface area contributed by atoms with E-state index in [-0.39, 0.29) is 0 Å². The molecule has 4 rings (SSSR count). The summed E-state index contributed by atoms with van der Waals surface area (Å²) in [6.45, 7) is 0. The van der Waals surface area contributed by atoms with E-state index in [0.29, 0.717) is 4.90 Å². The van der Waals surface area contributed by atoms with Crippen molar-refractivity contribution in [3.05, 3.63) is 83.8 Å². The van der Waals surface area contributed by atoms with Crippen molar-refractivity contribution in [3.63, 3.8) is 0 Å². The first-order chi connectivity index (χ1) is 12.7. The monoisotopic (exact) mass is 365 g/mol. The van der Waals surface area contributed by atoms with E-state index in [2.05, 4.69) is 15.2 Å². The lowest BCUT2D eigenvalue weighted by Crippen LogP contribution is -1.82. The fraction of sp³-hybridized carbons (Fsp3) is 0. The highest BCUT2D eigenvalue weighted by Crippen LogP contribution is 2.31. The Morgan fingerprint density at radius 1 is 0.885 bits per heavy atom. The number of benzene rings is 2. The van der Waals surface area contributed by atoms with E-state index in [1.54, 1.807) is 6.20 Å². The molecule has 2 aromatic heterocycles. The third kappa shape index (κ3) is 3.65. The summed E-state index contributed by atoms with van der Waals surface area (Å²) in [5.74, 6) is -1.17. The number of H-pyrrole nitrogens is 1. The second kappa shape index (κ2) is 7.09. The molecule has 0 aliphatic rings. The number of nitrogens with one attached hydrogen (secondary N) is 1. The van der Waals surface area contributed by atoms with E-state index in [0.717, 1.165) is 33.3 Å². The average Bonchev–Trinajstić information content (AvgIpc) is 3.02. The number of nitrogens with zero attached hydrogens (tertiary/aromatic N) is 2. The van der Waals surface area contributed by atoms with Crippen molar-refractivity contribution in [2.75, 3.05) is 0 Å². The summed E-state index contributed by atoms with van der Waals surface area (Å²) in [6, 6.07) is 14.9. The minimum atomic E-state index is -0.587. The Balaban J connectivity index is 1.65. The van der Waals surface area contributed by atoms with Crippen LogP contribution in [0, 0.1) is 11.6 Å². The van der Waals surface area contributed by atoms with Crippen molar-refractivity contribution in [1.29, 1.82) is 0 Å². The number of halogens is 2. The molecule has 2 heterocycles. The van der Waals surface area contributed by atoms with Gasteiger partial charge in [0.2, 0.25) is 0 Å². The number of aromatic nitrogens is 3. The number of pyridine rings is 1. The lowest BCUT2D eigenvalue weighted by molar-refractivity contribution is 0.577. The topological polar surface area (TPSA) is 41.6 Å². The van der Waals surface area contributed by atoms with Gasteiger partial charge in [-0.25, -0.2) is 8.78 Å². The van der Waals surface area contributed by atoms with Crippen molar-refractivity contribution in [2.45, 2.75) is 9.79 Å². The van der Waals surface area contributed by atoms with Crippen LogP contribution in [0.25, 0.3) is 23.1 Å². The van der Waals surface area contributed by atoms with Crippen LogP contribution in [0.4, 0.5) is 8.78 Å². The lowest BCUT2D eigenvalue weighted by Gasteiger charge is -2.03. The highest BCUT2D eigenvalue weighted by molar-refractivity contribution is 7.99. The molecule has 0 fully saturated rings. The van der Waals surface area contributed by atoms with Gasteiger partial charge in [-0.05, 0) is 54.6 Å². The van der Waals surface area contributed by atoms with E-state index in [9.17, 15) is 8.78 Å². The highest BCUT2D eigenvalue weighted by atomic mass is 32.2. The van der Waals surface area contributed by atoms with Crippen LogP contribution in [0.1, 0.15) is 11.4 Å². The number of hydrogen-bond acceptors (Lipinski definition) is 3. The molecule has 0 unspecified atom stereocenters. The van der Waals surface area contributed by atoms with Crippen molar-refractivity contribution >= 4 is 34.8 Å². The normalized spacial score (nSPS) is 11.5. The predicted molar refractivity (Wildman–Crippen MR) is 99.7 cm³/mol. The summed E-state index contributed by atoms with van der Waals surface area (Å²) in [5.41, 5.74) is 2.50. The third-order valence-corrected chi connectivity index (χ3v) is 4.70. The molecule has 6 heteroatoms. The summed E-state index contributed by atoms with van der Waals surface area (Å²) < 4.78 is 26.8. The molecule has 0 amide bonds. The minimum Gasteiger partial charge on any atom is -0.277 e. The van der Waals surface area contributed by atoms with Crippen LogP contribution in [-0.2, 0) is 0 Å². The van der Waals surface area contributed by atoms with Crippen LogP contribution in [0.3, 0.4) is 0 Å². The first-order valence-corrected chi connectivity index (χ1v) is 8.70. The maximum Gasteiger partial charge on any atom is 0.127 e. The smallest absolute Gasteiger partial charge is 0.127 e. The van der Waals surface area contributed by atoms with Crippen LogP contribution >= 0.6 is 11.8 Å². The zero-order chi connectivity index (χ0) is 17.9. The van der Waals surface area contributed by atoms with Gasteiger partial charge in [0.05, 0.1) is 16.9 Å². The zero-order valence-electron chi connectivity index (χ0n) is 13.5. The second-order valence-corrected chi connectivity index (χ2v) is 6.76. The molecule has 0 saturated carbocycles. The summed E-state index contributed by atoms with van der Waals surface area (Å²) in [4.78, 5) is 5.63. The Morgan fingerprint density at radius 3 is 2.50 bits per heavy atom. The zero-order valence-corrected chi connectivity index (χ0v) is 14.3. The first kappa shape index (κ1) is 16.5. The number of fused-ring (bicyclic) bond motifs is 1. The van der Waals surface area contributed by atoms with Gasteiger partial charge in [-0.15, -0.1) is 0 Å². The average molecular weight is 365 g/mol. The van der Waals surface area contributed by atoms with Gasteiger partial charge >= 0.3 is 0 Å². The number of rotatable bonds is 4. The van der Waals surface area contributed by atoms with E-state index >= 15 is 0 Å². The molecule has 26 heavy (non-hydrogen) atoms. The minimum absolute atomic E-state index is 0.510. The molecule has 0 aliphatic carbocycles. The molecule has 0 aliphatic heterocycles. The van der Waals surface area contributed by atoms with E-state index in [4.69, 9.17) is 0 Å². The molecule has 0 radical (unpaired) electrons. The Labute approximate surface area is 152 Å². The van der Waals surface area contributed by atoms with E-state index < -0.39 is 11.6 Å². The van der Waals surface area contributed by atoms with Gasteiger partial charge in [0.15, 0.2) is 0 Å². The molecule has 0 spiro atoms. The number of aromatic amines is 1.